The van der Waals surface area contributed by atoms with Crippen molar-refractivity contribution in [1.82, 2.24) is 9.80 Å². The molecular weight excluding hydrogens is 292 g/mol. The maximum Gasteiger partial charge on any atom is 0.410 e. The van der Waals surface area contributed by atoms with Crippen molar-refractivity contribution in [1.29, 1.82) is 0 Å². The summed E-state index contributed by atoms with van der Waals surface area (Å²) < 4.78 is 5.48. The second kappa shape index (κ2) is 7.54. The summed E-state index contributed by atoms with van der Waals surface area (Å²) in [6.07, 6.45) is 5.65. The Bertz CT molecular complexity index is 430. The van der Waals surface area contributed by atoms with Crippen molar-refractivity contribution in [3.8, 4) is 0 Å². The third-order valence-corrected chi connectivity index (χ3v) is 4.75. The maximum atomic E-state index is 12.4. The normalized spacial score (nSPS) is 25.6. The molecule has 0 saturated carbocycles. The van der Waals surface area contributed by atoms with Crippen molar-refractivity contribution in [2.45, 2.75) is 77.9 Å². The predicted molar refractivity (Wildman–Crippen MR) is 90.2 cm³/mol. The lowest BCUT2D eigenvalue weighted by Gasteiger charge is -2.39. The van der Waals surface area contributed by atoms with Crippen LogP contribution in [-0.2, 0) is 9.53 Å². The van der Waals surface area contributed by atoms with Gasteiger partial charge in [-0.1, -0.05) is 6.92 Å². The van der Waals surface area contributed by atoms with Crippen LogP contribution in [0.4, 0.5) is 4.79 Å². The minimum absolute atomic E-state index is 0.220. The Morgan fingerprint density at radius 1 is 1.13 bits per heavy atom. The summed E-state index contributed by atoms with van der Waals surface area (Å²) in [5.74, 6) is 0.677. The van der Waals surface area contributed by atoms with E-state index in [-0.39, 0.29) is 12.0 Å². The van der Waals surface area contributed by atoms with Gasteiger partial charge in [0, 0.05) is 32.1 Å². The highest BCUT2D eigenvalue weighted by Crippen LogP contribution is 2.31. The zero-order chi connectivity index (χ0) is 17.0. The van der Waals surface area contributed by atoms with Gasteiger partial charge in [0.05, 0.1) is 0 Å². The van der Waals surface area contributed by atoms with Gasteiger partial charge < -0.3 is 14.5 Å². The fourth-order valence-corrected chi connectivity index (χ4v) is 3.71. The van der Waals surface area contributed by atoms with Gasteiger partial charge in [-0.25, -0.2) is 4.79 Å². The van der Waals surface area contributed by atoms with Crippen molar-refractivity contribution in [3.05, 3.63) is 0 Å². The Labute approximate surface area is 140 Å². The summed E-state index contributed by atoms with van der Waals surface area (Å²) in [6, 6.07) is 0.301. The first-order valence-corrected chi connectivity index (χ1v) is 9.09. The number of carbonyl (C=O) groups excluding carboxylic acids is 2. The number of likely N-dealkylation sites (tertiary alicyclic amines) is 2. The number of ether oxygens (including phenoxy) is 1. The van der Waals surface area contributed by atoms with Crippen LogP contribution in [0.15, 0.2) is 0 Å². The van der Waals surface area contributed by atoms with E-state index in [9.17, 15) is 9.59 Å². The molecule has 0 radical (unpaired) electrons. The van der Waals surface area contributed by atoms with Crippen LogP contribution in [0.25, 0.3) is 0 Å². The number of rotatable bonds is 3. The van der Waals surface area contributed by atoms with Crippen molar-refractivity contribution in [2.75, 3.05) is 19.6 Å². The smallest absolute Gasteiger partial charge is 0.410 e. The monoisotopic (exact) mass is 324 g/mol. The topological polar surface area (TPSA) is 49.9 Å². The molecule has 23 heavy (non-hydrogen) atoms. The fourth-order valence-electron chi connectivity index (χ4n) is 3.71. The molecule has 2 heterocycles. The standard InChI is InChI=1S/C18H32N2O3/c1-5-8-16(21)20-11-7-6-9-15(20)14-10-12-19(13-14)17(22)23-18(2,3)4/h14-15H,5-13H2,1-4H3/t14-,15-/m0/s1. The Balaban J connectivity index is 1.96. The minimum Gasteiger partial charge on any atom is -0.444 e. The average Bonchev–Trinajstić information content (AvgIpc) is 2.95. The first kappa shape index (κ1) is 18.1. The van der Waals surface area contributed by atoms with Gasteiger partial charge in [0.25, 0.3) is 0 Å². The number of amides is 2. The van der Waals surface area contributed by atoms with Crippen LogP contribution in [0.1, 0.15) is 66.2 Å². The van der Waals surface area contributed by atoms with Crippen molar-refractivity contribution in [2.24, 2.45) is 5.92 Å². The van der Waals surface area contributed by atoms with Gasteiger partial charge in [-0.15, -0.1) is 0 Å². The molecule has 0 aliphatic carbocycles. The molecule has 2 rings (SSSR count). The maximum absolute atomic E-state index is 12.4. The molecule has 2 fully saturated rings. The fraction of sp³-hybridized carbons (Fsp3) is 0.889. The van der Waals surface area contributed by atoms with E-state index in [0.717, 1.165) is 45.3 Å². The van der Waals surface area contributed by atoms with E-state index in [1.54, 1.807) is 0 Å². The zero-order valence-corrected chi connectivity index (χ0v) is 15.1. The van der Waals surface area contributed by atoms with Gasteiger partial charge >= 0.3 is 6.09 Å². The van der Waals surface area contributed by atoms with E-state index in [1.165, 1.54) is 6.42 Å². The Morgan fingerprint density at radius 3 is 2.52 bits per heavy atom. The van der Waals surface area contributed by atoms with E-state index in [2.05, 4.69) is 11.8 Å². The molecule has 0 N–H and O–H groups in total. The Kier molecular flexibility index (Phi) is 5.93. The highest BCUT2D eigenvalue weighted by Gasteiger charge is 2.38. The highest BCUT2D eigenvalue weighted by atomic mass is 16.6. The number of hydrogen-bond donors (Lipinski definition) is 0. The van der Waals surface area contributed by atoms with Gasteiger partial charge in [-0.3, -0.25) is 4.79 Å². The third-order valence-electron chi connectivity index (χ3n) is 4.75. The number of nitrogens with zero attached hydrogens (tertiary/aromatic N) is 2. The molecule has 2 aliphatic heterocycles. The number of piperidine rings is 1. The molecule has 0 spiro atoms. The predicted octanol–water partition coefficient (Wildman–Crippen LogP) is 3.42. The summed E-state index contributed by atoms with van der Waals surface area (Å²) in [7, 11) is 0. The average molecular weight is 324 g/mol. The number of hydrogen-bond acceptors (Lipinski definition) is 3. The van der Waals surface area contributed by atoms with Crippen LogP contribution in [0.3, 0.4) is 0 Å². The second-order valence-electron chi connectivity index (χ2n) is 7.88. The first-order valence-electron chi connectivity index (χ1n) is 9.09. The minimum atomic E-state index is -0.455. The quantitative estimate of drug-likeness (QED) is 0.799. The lowest BCUT2D eigenvalue weighted by Crippen LogP contribution is -2.48. The van der Waals surface area contributed by atoms with Crippen molar-refractivity contribution in [3.63, 3.8) is 0 Å². The van der Waals surface area contributed by atoms with E-state index < -0.39 is 5.60 Å². The molecule has 2 amide bonds. The molecule has 5 nitrogen and oxygen atoms in total. The lowest BCUT2D eigenvalue weighted by molar-refractivity contribution is -0.136. The van der Waals surface area contributed by atoms with Gasteiger partial charge in [0.2, 0.25) is 5.91 Å². The van der Waals surface area contributed by atoms with E-state index in [4.69, 9.17) is 4.74 Å². The zero-order valence-electron chi connectivity index (χ0n) is 15.1. The second-order valence-corrected chi connectivity index (χ2v) is 7.88. The first-order chi connectivity index (χ1) is 10.8. The Hall–Kier alpha value is -1.26. The van der Waals surface area contributed by atoms with Gasteiger partial charge in [0.1, 0.15) is 5.60 Å². The van der Waals surface area contributed by atoms with Crippen LogP contribution in [0, 0.1) is 5.92 Å². The van der Waals surface area contributed by atoms with E-state index >= 15 is 0 Å². The van der Waals surface area contributed by atoms with Crippen LogP contribution in [-0.4, -0.2) is 53.1 Å². The Morgan fingerprint density at radius 2 is 1.87 bits per heavy atom. The van der Waals surface area contributed by atoms with Gasteiger partial charge in [0.15, 0.2) is 0 Å². The molecule has 0 aromatic rings. The lowest BCUT2D eigenvalue weighted by atomic mass is 9.89. The molecule has 0 unspecified atom stereocenters. The summed E-state index contributed by atoms with van der Waals surface area (Å²) in [6.45, 7) is 10.1. The molecule has 2 aliphatic rings. The van der Waals surface area contributed by atoms with Crippen LogP contribution >= 0.6 is 0 Å². The third kappa shape index (κ3) is 4.85. The molecule has 0 aromatic carbocycles. The summed E-state index contributed by atoms with van der Waals surface area (Å²) in [5, 5.41) is 0. The summed E-state index contributed by atoms with van der Waals surface area (Å²) in [5.41, 5.74) is -0.455. The molecule has 5 heteroatoms. The van der Waals surface area contributed by atoms with Crippen LogP contribution in [0.5, 0.6) is 0 Å². The van der Waals surface area contributed by atoms with Crippen molar-refractivity contribution < 1.29 is 14.3 Å². The van der Waals surface area contributed by atoms with Crippen LogP contribution in [0.2, 0.25) is 0 Å². The molecule has 2 saturated heterocycles. The summed E-state index contributed by atoms with van der Waals surface area (Å²) >= 11 is 0. The van der Waals surface area contributed by atoms with E-state index in [1.807, 2.05) is 25.7 Å². The van der Waals surface area contributed by atoms with Crippen LogP contribution < -0.4 is 0 Å². The molecule has 2 atom stereocenters. The molecular formula is C18H32N2O3. The largest absolute Gasteiger partial charge is 0.444 e. The molecule has 132 valence electrons. The van der Waals surface area contributed by atoms with Crippen molar-refractivity contribution >= 4 is 12.0 Å². The SMILES string of the molecule is CCCC(=O)N1CCCC[C@H]1[C@H]1CCN(C(=O)OC(C)(C)C)C1. The highest BCUT2D eigenvalue weighted by molar-refractivity contribution is 5.76. The summed E-state index contributed by atoms with van der Waals surface area (Å²) in [4.78, 5) is 28.5. The molecule has 0 aromatic heterocycles. The van der Waals surface area contributed by atoms with Gasteiger partial charge in [-0.2, -0.15) is 0 Å². The molecule has 0 bridgehead atoms. The van der Waals surface area contributed by atoms with E-state index in [0.29, 0.717) is 18.4 Å². The number of carbonyl (C=O) groups is 2. The van der Waals surface area contributed by atoms with Gasteiger partial charge in [-0.05, 0) is 58.8 Å².